The molecule has 1 atom stereocenters. The van der Waals surface area contributed by atoms with Gasteiger partial charge in [0, 0.05) is 18.5 Å². The number of halogens is 3. The number of benzene rings is 1. The molecule has 3 rings (SSSR count). The molecule has 0 aliphatic rings. The second-order valence-electron chi connectivity index (χ2n) is 7.49. The highest BCUT2D eigenvalue weighted by atomic mass is 19.4. The van der Waals surface area contributed by atoms with Gasteiger partial charge >= 0.3 is 6.18 Å². The van der Waals surface area contributed by atoms with E-state index in [0.29, 0.717) is 5.56 Å². The van der Waals surface area contributed by atoms with E-state index in [1.54, 1.807) is 13.0 Å². The molecule has 0 saturated heterocycles. The Balaban J connectivity index is 1.78. The van der Waals surface area contributed by atoms with E-state index in [9.17, 15) is 22.8 Å². The van der Waals surface area contributed by atoms with Crippen LogP contribution in [0.2, 0.25) is 0 Å². The highest BCUT2D eigenvalue weighted by molar-refractivity contribution is 5.92. The van der Waals surface area contributed by atoms with Gasteiger partial charge < -0.3 is 10.3 Å². The van der Waals surface area contributed by atoms with Crippen LogP contribution in [0, 0.1) is 0 Å². The predicted molar refractivity (Wildman–Crippen MR) is 107 cm³/mol. The maximum Gasteiger partial charge on any atom is 0.397 e. The van der Waals surface area contributed by atoms with Gasteiger partial charge in [-0.05, 0) is 38.0 Å². The summed E-state index contributed by atoms with van der Waals surface area (Å²) < 4.78 is 39.7. The average Bonchev–Trinajstić information content (AvgIpc) is 2.73. The van der Waals surface area contributed by atoms with Gasteiger partial charge in [-0.2, -0.15) is 13.2 Å². The number of hydrogen-bond acceptors (Lipinski definition) is 5. The third-order valence-electron chi connectivity index (χ3n) is 4.94. The molecule has 10 heteroatoms. The van der Waals surface area contributed by atoms with Gasteiger partial charge in [-0.25, -0.2) is 15.0 Å². The first-order valence-electron chi connectivity index (χ1n) is 9.36. The lowest BCUT2D eigenvalue weighted by molar-refractivity contribution is -0.180. The zero-order chi connectivity index (χ0) is 22.8. The molecule has 0 unspecified atom stereocenters. The normalized spacial score (nSPS) is 13.0. The molecule has 31 heavy (non-hydrogen) atoms. The minimum atomic E-state index is -4.39. The Labute approximate surface area is 175 Å². The van der Waals surface area contributed by atoms with E-state index in [2.05, 4.69) is 25.3 Å². The van der Waals surface area contributed by atoms with E-state index in [1.807, 2.05) is 0 Å². The number of rotatable bonds is 5. The Morgan fingerprint density at radius 2 is 1.71 bits per heavy atom. The van der Waals surface area contributed by atoms with Crippen molar-refractivity contribution in [3.8, 4) is 11.6 Å². The highest BCUT2D eigenvalue weighted by Crippen LogP contribution is 2.40. The van der Waals surface area contributed by atoms with Crippen molar-refractivity contribution in [3.05, 3.63) is 76.0 Å². The lowest BCUT2D eigenvalue weighted by Gasteiger charge is -2.28. The number of nitrogens with one attached hydrogen (secondary N) is 2. The van der Waals surface area contributed by atoms with Gasteiger partial charge in [0.15, 0.2) is 11.6 Å². The summed E-state index contributed by atoms with van der Waals surface area (Å²) in [5, 5.41) is 2.69. The molecular weight excluding hydrogens is 411 g/mol. The van der Waals surface area contributed by atoms with Gasteiger partial charge in [-0.15, -0.1) is 0 Å². The summed E-state index contributed by atoms with van der Waals surface area (Å²) in [5.41, 5.74) is -1.96. The number of H-pyrrole nitrogens is 1. The molecule has 0 radical (unpaired) electrons. The molecule has 1 amide bonds. The fourth-order valence-electron chi connectivity index (χ4n) is 2.81. The van der Waals surface area contributed by atoms with Crippen molar-refractivity contribution in [2.75, 3.05) is 0 Å². The van der Waals surface area contributed by atoms with E-state index in [0.717, 1.165) is 19.9 Å². The van der Waals surface area contributed by atoms with Crippen molar-refractivity contribution in [2.24, 2.45) is 0 Å². The number of amides is 1. The van der Waals surface area contributed by atoms with Crippen LogP contribution in [0.15, 0.2) is 53.6 Å². The van der Waals surface area contributed by atoms with Crippen molar-refractivity contribution in [2.45, 2.75) is 38.4 Å². The van der Waals surface area contributed by atoms with Crippen LogP contribution in [-0.2, 0) is 5.41 Å². The number of aromatic nitrogens is 4. The smallest absolute Gasteiger partial charge is 0.344 e. The second kappa shape index (κ2) is 8.29. The first kappa shape index (κ1) is 22.1. The fraction of sp³-hybridized carbons (Fsp3) is 0.286. The van der Waals surface area contributed by atoms with Crippen molar-refractivity contribution < 1.29 is 18.0 Å². The van der Waals surface area contributed by atoms with E-state index in [4.69, 9.17) is 0 Å². The molecule has 162 valence electrons. The molecule has 0 aliphatic carbocycles. The Kier molecular flexibility index (Phi) is 5.92. The van der Waals surface area contributed by atoms with E-state index in [1.165, 1.54) is 36.7 Å². The van der Waals surface area contributed by atoms with Crippen LogP contribution in [0.3, 0.4) is 0 Å². The van der Waals surface area contributed by atoms with Gasteiger partial charge in [0.05, 0.1) is 11.5 Å². The van der Waals surface area contributed by atoms with Crippen LogP contribution in [0.1, 0.15) is 48.4 Å². The zero-order valence-corrected chi connectivity index (χ0v) is 17.0. The van der Waals surface area contributed by atoms with Crippen LogP contribution in [-0.4, -0.2) is 32.0 Å². The first-order chi connectivity index (χ1) is 14.5. The maximum absolute atomic E-state index is 13.2. The van der Waals surface area contributed by atoms with Crippen molar-refractivity contribution in [3.63, 3.8) is 0 Å². The number of nitrogens with zero attached hydrogens (tertiary/aromatic N) is 3. The van der Waals surface area contributed by atoms with Crippen LogP contribution in [0.25, 0.3) is 11.6 Å². The minimum Gasteiger partial charge on any atom is -0.344 e. The molecule has 0 bridgehead atoms. The van der Waals surface area contributed by atoms with E-state index < -0.39 is 29.1 Å². The number of aromatic amines is 1. The van der Waals surface area contributed by atoms with Crippen LogP contribution < -0.4 is 10.9 Å². The summed E-state index contributed by atoms with van der Waals surface area (Å²) >= 11 is 0. The predicted octanol–water partition coefficient (Wildman–Crippen LogP) is 3.56. The third-order valence-corrected chi connectivity index (χ3v) is 4.94. The molecule has 0 fully saturated rings. The summed E-state index contributed by atoms with van der Waals surface area (Å²) in [7, 11) is 0. The van der Waals surface area contributed by atoms with Gasteiger partial charge in [0.1, 0.15) is 5.69 Å². The summed E-state index contributed by atoms with van der Waals surface area (Å²) in [6.07, 6.45) is -1.44. The molecule has 2 N–H and O–H groups in total. The summed E-state index contributed by atoms with van der Waals surface area (Å²) in [4.78, 5) is 39.1. The molecule has 1 aromatic carbocycles. The topological polar surface area (TPSA) is 101 Å². The van der Waals surface area contributed by atoms with Crippen LogP contribution >= 0.6 is 0 Å². The molecule has 2 aromatic heterocycles. The summed E-state index contributed by atoms with van der Waals surface area (Å²) in [6, 6.07) is 7.95. The van der Waals surface area contributed by atoms with Crippen LogP contribution in [0.5, 0.6) is 0 Å². The van der Waals surface area contributed by atoms with E-state index >= 15 is 0 Å². The highest BCUT2D eigenvalue weighted by Gasteiger charge is 2.48. The zero-order valence-electron chi connectivity index (χ0n) is 17.0. The van der Waals surface area contributed by atoms with Crippen molar-refractivity contribution in [1.82, 2.24) is 25.3 Å². The van der Waals surface area contributed by atoms with Gasteiger partial charge in [0.25, 0.3) is 11.5 Å². The van der Waals surface area contributed by atoms with Gasteiger partial charge in [-0.3, -0.25) is 9.59 Å². The molecular formula is C21H20F3N5O2. The maximum atomic E-state index is 13.2. The fourth-order valence-corrected chi connectivity index (χ4v) is 2.81. The number of carbonyl (C=O) groups is 1. The van der Waals surface area contributed by atoms with Crippen molar-refractivity contribution in [1.29, 1.82) is 0 Å². The molecule has 0 saturated carbocycles. The van der Waals surface area contributed by atoms with Crippen molar-refractivity contribution >= 4 is 5.91 Å². The minimum absolute atomic E-state index is 0.0460. The Morgan fingerprint density at radius 3 is 2.29 bits per heavy atom. The molecule has 0 aliphatic heterocycles. The standard InChI is InChI=1S/C21H20F3N5O2/c1-12(13-5-7-14(8-6-13)20(2,3)21(22,23)24)27-19(31)15-11-16(30)29-18(28-15)17-25-9-4-10-26-17/h4-12H,1-3H3,(H,27,31)(H,28,29,30)/t12-/m0/s1. The lowest BCUT2D eigenvalue weighted by atomic mass is 9.83. The second-order valence-corrected chi connectivity index (χ2v) is 7.49. The van der Waals surface area contributed by atoms with E-state index in [-0.39, 0.29) is 22.9 Å². The van der Waals surface area contributed by atoms with Gasteiger partial charge in [-0.1, -0.05) is 24.3 Å². The van der Waals surface area contributed by atoms with Gasteiger partial charge in [0.2, 0.25) is 0 Å². The first-order valence-corrected chi connectivity index (χ1v) is 9.36. The molecule has 7 nitrogen and oxygen atoms in total. The summed E-state index contributed by atoms with van der Waals surface area (Å²) in [5.74, 6) is -0.412. The van der Waals surface area contributed by atoms with Crippen LogP contribution in [0.4, 0.5) is 13.2 Å². The molecule has 3 aromatic rings. The molecule has 0 spiro atoms. The number of hydrogen-bond donors (Lipinski definition) is 2. The summed E-state index contributed by atoms with van der Waals surface area (Å²) in [6.45, 7) is 3.90. The monoisotopic (exact) mass is 431 g/mol. The lowest BCUT2D eigenvalue weighted by Crippen LogP contribution is -2.36. The Bertz CT molecular complexity index is 1130. The largest absolute Gasteiger partial charge is 0.397 e. The average molecular weight is 431 g/mol. The molecule has 2 heterocycles. The number of carbonyl (C=O) groups excluding carboxylic acids is 1. The SMILES string of the molecule is C[C@H](NC(=O)c1cc(=O)[nH]c(-c2ncccn2)n1)c1ccc(C(C)(C)C(F)(F)F)cc1. The Morgan fingerprint density at radius 1 is 1.10 bits per heavy atom. The Hall–Kier alpha value is -3.56. The number of alkyl halides is 3. The quantitative estimate of drug-likeness (QED) is 0.643. The third kappa shape index (κ3) is 4.79.